The third kappa shape index (κ3) is 2.53. The maximum Gasteiger partial charge on any atom is 0.255 e. The fraction of sp³-hybridized carbons (Fsp3) is 0.214. The third-order valence-electron chi connectivity index (χ3n) is 3.05. The zero-order valence-electron chi connectivity index (χ0n) is 10.1. The lowest BCUT2D eigenvalue weighted by Crippen LogP contribution is -2.30. The predicted molar refractivity (Wildman–Crippen MR) is 77.0 cm³/mol. The molecular weight excluding hydrogens is 281 g/mol. The molecule has 0 N–H and O–H groups in total. The quantitative estimate of drug-likeness (QED) is 0.840. The second-order valence-electron chi connectivity index (χ2n) is 4.29. The molecular formula is C14H12FNOS2. The number of carbonyl (C=O) groups is 1. The van der Waals surface area contributed by atoms with Gasteiger partial charge in [0.2, 0.25) is 0 Å². The summed E-state index contributed by atoms with van der Waals surface area (Å²) in [6, 6.07) is 8.33. The molecule has 0 bridgehead atoms. The molecule has 19 heavy (non-hydrogen) atoms. The minimum Gasteiger partial charge on any atom is -0.322 e. The highest BCUT2D eigenvalue weighted by atomic mass is 32.2. The fourth-order valence-electron chi connectivity index (χ4n) is 2.17. The molecule has 2 aromatic rings. The Labute approximate surface area is 119 Å². The summed E-state index contributed by atoms with van der Waals surface area (Å²) in [5.74, 6) is 0.658. The number of amides is 1. The van der Waals surface area contributed by atoms with Crippen LogP contribution in [0.5, 0.6) is 0 Å². The second kappa shape index (κ2) is 5.35. The first kappa shape index (κ1) is 12.7. The van der Waals surface area contributed by atoms with Crippen LogP contribution in [-0.2, 0) is 0 Å². The number of rotatable bonds is 2. The molecule has 98 valence electrons. The van der Waals surface area contributed by atoms with Gasteiger partial charge in [0.15, 0.2) is 0 Å². The van der Waals surface area contributed by atoms with E-state index in [1.54, 1.807) is 17.8 Å². The molecule has 3 rings (SSSR count). The molecule has 1 atom stereocenters. The van der Waals surface area contributed by atoms with Crippen molar-refractivity contribution in [1.82, 2.24) is 4.90 Å². The molecule has 0 radical (unpaired) electrons. The first-order valence-corrected chi connectivity index (χ1v) is 7.95. The number of benzene rings is 1. The summed E-state index contributed by atoms with van der Waals surface area (Å²) in [7, 11) is 0. The smallest absolute Gasteiger partial charge is 0.255 e. The largest absolute Gasteiger partial charge is 0.322 e. The van der Waals surface area contributed by atoms with E-state index in [2.05, 4.69) is 0 Å². The zero-order chi connectivity index (χ0) is 13.2. The summed E-state index contributed by atoms with van der Waals surface area (Å²) in [6.45, 7) is 0.709. The fourth-order valence-corrected chi connectivity index (χ4v) is 4.04. The highest BCUT2D eigenvalue weighted by Gasteiger charge is 2.31. The first-order valence-electron chi connectivity index (χ1n) is 5.96. The van der Waals surface area contributed by atoms with Gasteiger partial charge in [0, 0.05) is 17.7 Å². The molecule has 2 heterocycles. The Kier molecular flexibility index (Phi) is 3.57. The molecule has 1 aromatic heterocycles. The molecule has 1 saturated heterocycles. The van der Waals surface area contributed by atoms with E-state index in [0.29, 0.717) is 12.1 Å². The van der Waals surface area contributed by atoms with Crippen LogP contribution in [0.3, 0.4) is 0 Å². The molecule has 1 amide bonds. The van der Waals surface area contributed by atoms with Gasteiger partial charge in [-0.2, -0.15) is 11.3 Å². The van der Waals surface area contributed by atoms with Crippen LogP contribution in [0.2, 0.25) is 0 Å². The number of halogens is 1. The van der Waals surface area contributed by atoms with Crippen LogP contribution in [-0.4, -0.2) is 23.1 Å². The van der Waals surface area contributed by atoms with E-state index >= 15 is 0 Å². The van der Waals surface area contributed by atoms with E-state index in [4.69, 9.17) is 0 Å². The average molecular weight is 293 g/mol. The van der Waals surface area contributed by atoms with Gasteiger partial charge >= 0.3 is 0 Å². The van der Waals surface area contributed by atoms with Crippen LogP contribution in [0.25, 0.3) is 0 Å². The third-order valence-corrected chi connectivity index (χ3v) is 5.00. The van der Waals surface area contributed by atoms with Crippen LogP contribution in [0, 0.1) is 5.82 Å². The Bertz CT molecular complexity index is 585. The average Bonchev–Trinajstić information content (AvgIpc) is 3.09. The lowest BCUT2D eigenvalue weighted by atomic mass is 10.2. The molecule has 1 aromatic carbocycles. The standard InChI is InChI=1S/C14H12FNOS2/c15-12-3-1-2-10(8-12)14-16(5-7-19-14)13(17)11-4-6-18-9-11/h1-4,6,8-9,14H,5,7H2/t14-/m1/s1. The van der Waals surface area contributed by atoms with Gasteiger partial charge in [0.1, 0.15) is 11.2 Å². The van der Waals surface area contributed by atoms with Gasteiger partial charge in [0.05, 0.1) is 5.56 Å². The molecule has 0 spiro atoms. The lowest BCUT2D eigenvalue weighted by Gasteiger charge is -2.23. The Hall–Kier alpha value is -1.33. The van der Waals surface area contributed by atoms with Crippen LogP contribution in [0.4, 0.5) is 4.39 Å². The molecule has 1 aliphatic heterocycles. The summed E-state index contributed by atoms with van der Waals surface area (Å²) in [5, 5.41) is 3.67. The Morgan fingerprint density at radius 1 is 1.37 bits per heavy atom. The van der Waals surface area contributed by atoms with E-state index in [1.165, 1.54) is 23.5 Å². The molecule has 0 aliphatic carbocycles. The van der Waals surface area contributed by atoms with Crippen molar-refractivity contribution >= 4 is 29.0 Å². The minimum atomic E-state index is -0.257. The van der Waals surface area contributed by atoms with Crippen molar-refractivity contribution in [2.24, 2.45) is 0 Å². The SMILES string of the molecule is O=C(c1ccsc1)N1CCS[C@@H]1c1cccc(F)c1. The van der Waals surface area contributed by atoms with E-state index in [1.807, 2.05) is 27.8 Å². The maximum absolute atomic E-state index is 13.3. The number of hydrogen-bond donors (Lipinski definition) is 0. The highest BCUT2D eigenvalue weighted by Crippen LogP contribution is 2.38. The van der Waals surface area contributed by atoms with Crippen molar-refractivity contribution in [3.63, 3.8) is 0 Å². The van der Waals surface area contributed by atoms with E-state index in [-0.39, 0.29) is 17.1 Å². The van der Waals surface area contributed by atoms with Crippen LogP contribution >= 0.6 is 23.1 Å². The summed E-state index contributed by atoms with van der Waals surface area (Å²) in [4.78, 5) is 14.2. The Morgan fingerprint density at radius 2 is 2.26 bits per heavy atom. The van der Waals surface area contributed by atoms with E-state index < -0.39 is 0 Å². The van der Waals surface area contributed by atoms with Crippen molar-refractivity contribution in [3.05, 3.63) is 58.0 Å². The van der Waals surface area contributed by atoms with Gasteiger partial charge < -0.3 is 4.90 Å². The van der Waals surface area contributed by atoms with Gasteiger partial charge in [0.25, 0.3) is 5.91 Å². The Balaban J connectivity index is 1.88. The van der Waals surface area contributed by atoms with Gasteiger partial charge in [-0.05, 0) is 29.1 Å². The topological polar surface area (TPSA) is 20.3 Å². The number of hydrogen-bond acceptors (Lipinski definition) is 3. The molecule has 5 heteroatoms. The van der Waals surface area contributed by atoms with Gasteiger partial charge in [-0.25, -0.2) is 4.39 Å². The number of carbonyl (C=O) groups excluding carboxylic acids is 1. The molecule has 2 nitrogen and oxygen atoms in total. The second-order valence-corrected chi connectivity index (χ2v) is 6.26. The van der Waals surface area contributed by atoms with Gasteiger partial charge in [-0.1, -0.05) is 12.1 Å². The van der Waals surface area contributed by atoms with Crippen LogP contribution in [0.15, 0.2) is 41.1 Å². The molecule has 1 fully saturated rings. The number of thioether (sulfide) groups is 1. The van der Waals surface area contributed by atoms with Gasteiger partial charge in [-0.15, -0.1) is 11.8 Å². The highest BCUT2D eigenvalue weighted by molar-refractivity contribution is 7.99. The monoisotopic (exact) mass is 293 g/mol. The van der Waals surface area contributed by atoms with E-state index in [0.717, 1.165) is 11.3 Å². The molecule has 0 unspecified atom stereocenters. The minimum absolute atomic E-state index is 0.0283. The van der Waals surface area contributed by atoms with Gasteiger partial charge in [-0.3, -0.25) is 4.79 Å². The van der Waals surface area contributed by atoms with Crippen LogP contribution in [0.1, 0.15) is 21.3 Å². The summed E-state index contributed by atoms with van der Waals surface area (Å²) in [6.07, 6.45) is 0. The summed E-state index contributed by atoms with van der Waals surface area (Å²) < 4.78 is 13.3. The number of nitrogens with zero attached hydrogens (tertiary/aromatic N) is 1. The van der Waals surface area contributed by atoms with Crippen LogP contribution < -0.4 is 0 Å². The zero-order valence-corrected chi connectivity index (χ0v) is 11.7. The maximum atomic E-state index is 13.3. The van der Waals surface area contributed by atoms with E-state index in [9.17, 15) is 9.18 Å². The normalized spacial score (nSPS) is 18.8. The van der Waals surface area contributed by atoms with Crippen molar-refractivity contribution in [1.29, 1.82) is 0 Å². The predicted octanol–water partition coefficient (Wildman–Crippen LogP) is 3.78. The molecule has 1 aliphatic rings. The summed E-state index contributed by atoms with van der Waals surface area (Å²) >= 11 is 3.19. The van der Waals surface area contributed by atoms with Crippen molar-refractivity contribution in [2.75, 3.05) is 12.3 Å². The van der Waals surface area contributed by atoms with Crippen molar-refractivity contribution < 1.29 is 9.18 Å². The number of thiophene rings is 1. The van der Waals surface area contributed by atoms with Crippen molar-refractivity contribution in [3.8, 4) is 0 Å². The summed E-state index contributed by atoms with van der Waals surface area (Å²) in [5.41, 5.74) is 1.57. The van der Waals surface area contributed by atoms with Crippen molar-refractivity contribution in [2.45, 2.75) is 5.37 Å². The Morgan fingerprint density at radius 3 is 3.00 bits per heavy atom. The molecule has 0 saturated carbocycles. The lowest BCUT2D eigenvalue weighted by molar-refractivity contribution is 0.0760. The first-order chi connectivity index (χ1) is 9.25.